The maximum Gasteiger partial charge on any atom is 0.291 e. The predicted octanol–water partition coefficient (Wildman–Crippen LogP) is 4.45. The number of amides is 2. The van der Waals surface area contributed by atoms with Crippen molar-refractivity contribution in [3.8, 4) is 5.75 Å². The molecule has 0 saturated carbocycles. The van der Waals surface area contributed by atoms with E-state index in [1.807, 2.05) is 0 Å². The molecule has 1 aromatic heterocycles. The Hall–Kier alpha value is -3.21. The van der Waals surface area contributed by atoms with Crippen molar-refractivity contribution in [1.82, 2.24) is 5.32 Å². The fraction of sp³-hybridized carbons (Fsp3) is 0.136. The first-order valence-electron chi connectivity index (χ1n) is 9.45. The van der Waals surface area contributed by atoms with Crippen molar-refractivity contribution in [2.75, 3.05) is 31.0 Å². The Morgan fingerprint density at radius 2 is 1.78 bits per heavy atom. The summed E-state index contributed by atoms with van der Waals surface area (Å²) in [6.45, 7) is 0.859. The van der Waals surface area contributed by atoms with Crippen molar-refractivity contribution in [1.29, 1.82) is 0 Å². The molecule has 2 aromatic carbocycles. The van der Waals surface area contributed by atoms with Crippen molar-refractivity contribution >= 4 is 56.4 Å². The Balaban J connectivity index is 1.56. The molecule has 0 radical (unpaired) electrons. The number of thiocarbonyl (C=S) groups is 1. The van der Waals surface area contributed by atoms with Crippen LogP contribution in [-0.4, -0.2) is 37.3 Å². The summed E-state index contributed by atoms with van der Waals surface area (Å²) in [5.41, 5.74) is 1.54. The van der Waals surface area contributed by atoms with E-state index in [-0.39, 0.29) is 22.7 Å². The normalized spacial score (nSPS) is 10.3. The number of anilines is 2. The average Bonchev–Trinajstić information content (AvgIpc) is 3.30. The molecule has 3 aromatic rings. The molecule has 0 saturated heterocycles. The molecule has 0 atom stereocenters. The number of rotatable bonds is 8. The number of ether oxygens (including phenoxy) is 2. The third-order valence-corrected chi connectivity index (χ3v) is 4.91. The van der Waals surface area contributed by atoms with Gasteiger partial charge in [-0.15, -0.1) is 0 Å². The number of nitrogens with one attached hydrogen (secondary N) is 3. The van der Waals surface area contributed by atoms with Gasteiger partial charge in [-0.05, 0) is 76.7 Å². The number of hydrogen-bond acceptors (Lipinski definition) is 6. The van der Waals surface area contributed by atoms with E-state index in [0.29, 0.717) is 40.4 Å². The lowest BCUT2D eigenvalue weighted by molar-refractivity contribution is 0.0974. The minimum atomic E-state index is -0.381. The van der Waals surface area contributed by atoms with Gasteiger partial charge in [0.1, 0.15) is 12.4 Å². The van der Waals surface area contributed by atoms with E-state index in [1.54, 1.807) is 61.7 Å². The molecule has 0 bridgehead atoms. The van der Waals surface area contributed by atoms with Gasteiger partial charge < -0.3 is 24.5 Å². The van der Waals surface area contributed by atoms with Crippen LogP contribution in [0.3, 0.4) is 0 Å². The van der Waals surface area contributed by atoms with E-state index in [1.165, 1.54) is 6.26 Å². The highest BCUT2D eigenvalue weighted by atomic mass is 79.9. The number of halogens is 1. The maximum absolute atomic E-state index is 12.5. The van der Waals surface area contributed by atoms with Crippen LogP contribution in [0.4, 0.5) is 11.4 Å². The standard InChI is InChI=1S/C22H20BrN3O5S/c1-29-10-11-31-18-8-7-14(12-17(18)23)20(27)26-22(32)25-16-5-2-4-15(13-16)24-21(28)19-6-3-9-30-19/h2-9,12-13H,10-11H2,1H3,(H,24,28)(H2,25,26,27,32). The number of carbonyl (C=O) groups is 2. The lowest BCUT2D eigenvalue weighted by Gasteiger charge is -2.12. The fourth-order valence-corrected chi connectivity index (χ4v) is 3.31. The fourth-order valence-electron chi connectivity index (χ4n) is 2.61. The van der Waals surface area contributed by atoms with Crippen LogP contribution in [0.15, 0.2) is 69.8 Å². The summed E-state index contributed by atoms with van der Waals surface area (Å²) in [5.74, 6) is 0.0531. The van der Waals surface area contributed by atoms with Crippen molar-refractivity contribution in [2.24, 2.45) is 0 Å². The molecular formula is C22H20BrN3O5S. The molecule has 3 rings (SSSR count). The van der Waals surface area contributed by atoms with Crippen LogP contribution < -0.4 is 20.7 Å². The highest BCUT2D eigenvalue weighted by Gasteiger charge is 2.12. The molecule has 32 heavy (non-hydrogen) atoms. The lowest BCUT2D eigenvalue weighted by atomic mass is 10.2. The Labute approximate surface area is 198 Å². The Bertz CT molecular complexity index is 1100. The molecule has 1 heterocycles. The zero-order valence-electron chi connectivity index (χ0n) is 17.0. The monoisotopic (exact) mass is 517 g/mol. The third kappa shape index (κ3) is 6.64. The summed E-state index contributed by atoms with van der Waals surface area (Å²) in [4.78, 5) is 24.6. The van der Waals surface area contributed by atoms with Gasteiger partial charge in [-0.3, -0.25) is 14.9 Å². The van der Waals surface area contributed by atoms with Crippen molar-refractivity contribution in [3.05, 3.63) is 76.7 Å². The first-order chi connectivity index (χ1) is 15.5. The summed E-state index contributed by atoms with van der Waals surface area (Å²) in [6.07, 6.45) is 1.43. The summed E-state index contributed by atoms with van der Waals surface area (Å²) in [6, 6.07) is 15.1. The van der Waals surface area contributed by atoms with Crippen molar-refractivity contribution in [3.63, 3.8) is 0 Å². The molecule has 0 aliphatic rings. The van der Waals surface area contributed by atoms with E-state index in [4.69, 9.17) is 26.1 Å². The Morgan fingerprint density at radius 3 is 2.47 bits per heavy atom. The van der Waals surface area contributed by atoms with Gasteiger partial charge in [0.15, 0.2) is 10.9 Å². The highest BCUT2D eigenvalue weighted by molar-refractivity contribution is 9.10. The van der Waals surface area contributed by atoms with Crippen LogP contribution in [0.1, 0.15) is 20.9 Å². The summed E-state index contributed by atoms with van der Waals surface area (Å²) < 4.78 is 16.2. The van der Waals surface area contributed by atoms with Gasteiger partial charge in [-0.25, -0.2) is 0 Å². The summed E-state index contributed by atoms with van der Waals surface area (Å²) in [7, 11) is 1.59. The van der Waals surface area contributed by atoms with E-state index in [0.717, 1.165) is 0 Å². The van der Waals surface area contributed by atoms with E-state index in [9.17, 15) is 9.59 Å². The first kappa shape index (κ1) is 23.5. The zero-order valence-corrected chi connectivity index (χ0v) is 19.4. The minimum absolute atomic E-state index is 0.112. The quantitative estimate of drug-likeness (QED) is 0.299. The smallest absolute Gasteiger partial charge is 0.291 e. The van der Waals surface area contributed by atoms with Gasteiger partial charge in [-0.2, -0.15) is 0 Å². The summed E-state index contributed by atoms with van der Waals surface area (Å²) >= 11 is 8.64. The van der Waals surface area contributed by atoms with Crippen LogP contribution in [0.25, 0.3) is 0 Å². The summed E-state index contributed by atoms with van der Waals surface area (Å²) in [5, 5.41) is 8.39. The molecule has 0 fully saturated rings. The van der Waals surface area contributed by atoms with E-state index in [2.05, 4.69) is 31.9 Å². The van der Waals surface area contributed by atoms with Gasteiger partial charge in [0.05, 0.1) is 17.3 Å². The number of carbonyl (C=O) groups excluding carboxylic acids is 2. The number of methoxy groups -OCH3 is 1. The average molecular weight is 518 g/mol. The topological polar surface area (TPSA) is 102 Å². The van der Waals surface area contributed by atoms with E-state index < -0.39 is 0 Å². The second-order valence-electron chi connectivity index (χ2n) is 6.41. The number of benzene rings is 2. The van der Waals surface area contributed by atoms with Gasteiger partial charge >= 0.3 is 0 Å². The minimum Gasteiger partial charge on any atom is -0.490 e. The third-order valence-electron chi connectivity index (χ3n) is 4.09. The van der Waals surface area contributed by atoms with Gasteiger partial charge in [0, 0.05) is 24.0 Å². The molecule has 3 N–H and O–H groups in total. The molecular weight excluding hydrogens is 498 g/mol. The van der Waals surface area contributed by atoms with Crippen LogP contribution in [-0.2, 0) is 4.74 Å². The van der Waals surface area contributed by atoms with Gasteiger partial charge in [0.2, 0.25) is 0 Å². The Morgan fingerprint density at radius 1 is 1.00 bits per heavy atom. The molecule has 0 spiro atoms. The Kier molecular flexibility index (Phi) is 8.37. The molecule has 2 amide bonds. The second-order valence-corrected chi connectivity index (χ2v) is 7.67. The molecule has 0 unspecified atom stereocenters. The first-order valence-corrected chi connectivity index (χ1v) is 10.6. The van der Waals surface area contributed by atoms with Gasteiger partial charge in [0.25, 0.3) is 11.8 Å². The highest BCUT2D eigenvalue weighted by Crippen LogP contribution is 2.26. The van der Waals surface area contributed by atoms with Gasteiger partial charge in [-0.1, -0.05) is 6.07 Å². The van der Waals surface area contributed by atoms with Crippen molar-refractivity contribution < 1.29 is 23.5 Å². The zero-order chi connectivity index (χ0) is 22.9. The molecule has 0 aliphatic heterocycles. The number of hydrogen-bond donors (Lipinski definition) is 3. The molecule has 10 heteroatoms. The second kappa shape index (κ2) is 11.4. The van der Waals surface area contributed by atoms with Crippen LogP contribution in [0.2, 0.25) is 0 Å². The van der Waals surface area contributed by atoms with Crippen LogP contribution in [0, 0.1) is 0 Å². The number of furan rings is 1. The van der Waals surface area contributed by atoms with Crippen LogP contribution in [0.5, 0.6) is 5.75 Å². The molecule has 166 valence electrons. The van der Waals surface area contributed by atoms with E-state index >= 15 is 0 Å². The SMILES string of the molecule is COCCOc1ccc(C(=O)NC(=S)Nc2cccc(NC(=O)c3ccco3)c2)cc1Br. The van der Waals surface area contributed by atoms with Crippen molar-refractivity contribution in [2.45, 2.75) is 0 Å². The largest absolute Gasteiger partial charge is 0.490 e. The molecule has 8 nitrogen and oxygen atoms in total. The lowest BCUT2D eigenvalue weighted by Crippen LogP contribution is -2.34. The predicted molar refractivity (Wildman–Crippen MR) is 128 cm³/mol. The maximum atomic E-state index is 12.5. The molecule has 0 aliphatic carbocycles. The van der Waals surface area contributed by atoms with Crippen LogP contribution >= 0.6 is 28.1 Å².